The first-order chi connectivity index (χ1) is 10.8. The second-order valence-electron chi connectivity index (χ2n) is 4.54. The van der Waals surface area contributed by atoms with E-state index in [9.17, 15) is 18.0 Å². The van der Waals surface area contributed by atoms with Gasteiger partial charge in [-0.05, 0) is 12.1 Å². The van der Waals surface area contributed by atoms with Crippen LogP contribution >= 0.6 is 11.3 Å². The van der Waals surface area contributed by atoms with Gasteiger partial charge in [-0.2, -0.15) is 0 Å². The number of nitrogens with zero attached hydrogens (tertiary/aromatic N) is 1. The van der Waals surface area contributed by atoms with Gasteiger partial charge in [0.25, 0.3) is 0 Å². The first-order valence-corrected chi connectivity index (χ1v) is 7.31. The first-order valence-electron chi connectivity index (χ1n) is 6.50. The SMILES string of the molecule is COC(CN)CC(=O)Nc1nc2ccc(OC(F)(F)F)cc2s1. The number of anilines is 1. The number of methoxy groups -OCH3 is 1. The van der Waals surface area contributed by atoms with Crippen molar-refractivity contribution in [1.29, 1.82) is 0 Å². The first kappa shape index (κ1) is 17.4. The van der Waals surface area contributed by atoms with Crippen LogP contribution in [0.15, 0.2) is 18.2 Å². The molecule has 10 heteroatoms. The van der Waals surface area contributed by atoms with Crippen LogP contribution in [0.2, 0.25) is 0 Å². The van der Waals surface area contributed by atoms with Crippen LogP contribution in [-0.2, 0) is 9.53 Å². The third-order valence-corrected chi connectivity index (χ3v) is 3.78. The molecule has 0 saturated heterocycles. The number of halogens is 3. The molecule has 1 aromatic carbocycles. The molecule has 1 unspecified atom stereocenters. The summed E-state index contributed by atoms with van der Waals surface area (Å²) in [7, 11) is 1.45. The fraction of sp³-hybridized carbons (Fsp3) is 0.385. The van der Waals surface area contributed by atoms with Gasteiger partial charge in [-0.1, -0.05) is 11.3 Å². The Labute approximate surface area is 133 Å². The third kappa shape index (κ3) is 5.05. The number of nitrogens with one attached hydrogen (secondary N) is 1. The summed E-state index contributed by atoms with van der Waals surface area (Å²) in [5.74, 6) is -0.678. The highest BCUT2D eigenvalue weighted by atomic mass is 32.1. The van der Waals surface area contributed by atoms with E-state index in [1.807, 2.05) is 0 Å². The molecule has 0 aliphatic carbocycles. The second-order valence-corrected chi connectivity index (χ2v) is 5.57. The van der Waals surface area contributed by atoms with Crippen LogP contribution in [0, 0.1) is 0 Å². The molecule has 1 heterocycles. The molecule has 1 amide bonds. The molecule has 23 heavy (non-hydrogen) atoms. The van der Waals surface area contributed by atoms with E-state index >= 15 is 0 Å². The van der Waals surface area contributed by atoms with Crippen molar-refractivity contribution >= 4 is 32.6 Å². The molecule has 126 valence electrons. The standard InChI is InChI=1S/C13H14F3N3O3S/c1-21-8(6-17)5-11(20)19-12-18-9-3-2-7(4-10(9)23-12)22-13(14,15)16/h2-4,8H,5-6,17H2,1H3,(H,18,19,20). The van der Waals surface area contributed by atoms with Gasteiger partial charge in [-0.3, -0.25) is 4.79 Å². The molecule has 3 N–H and O–H groups in total. The zero-order valence-electron chi connectivity index (χ0n) is 12.0. The highest BCUT2D eigenvalue weighted by Crippen LogP contribution is 2.31. The highest BCUT2D eigenvalue weighted by molar-refractivity contribution is 7.22. The van der Waals surface area contributed by atoms with Crippen LogP contribution in [0.3, 0.4) is 0 Å². The Hall–Kier alpha value is -1.91. The summed E-state index contributed by atoms with van der Waals surface area (Å²) in [5, 5.41) is 2.85. The minimum absolute atomic E-state index is 0.0609. The van der Waals surface area contributed by atoms with Gasteiger partial charge in [0.15, 0.2) is 5.13 Å². The molecular weight excluding hydrogens is 335 g/mol. The number of thiazole rings is 1. The second kappa shape index (κ2) is 7.11. The van der Waals surface area contributed by atoms with Crippen LogP contribution in [0.4, 0.5) is 18.3 Å². The summed E-state index contributed by atoms with van der Waals surface area (Å²) in [5.41, 5.74) is 5.89. The van der Waals surface area contributed by atoms with Gasteiger partial charge in [-0.25, -0.2) is 4.98 Å². The number of carbonyl (C=O) groups is 1. The fourth-order valence-corrected chi connectivity index (χ4v) is 2.71. The Kier molecular flexibility index (Phi) is 5.39. The molecule has 6 nitrogen and oxygen atoms in total. The van der Waals surface area contributed by atoms with Crippen LogP contribution in [0.5, 0.6) is 5.75 Å². The van der Waals surface area contributed by atoms with E-state index in [0.717, 1.165) is 17.4 Å². The molecule has 0 fully saturated rings. The van der Waals surface area contributed by atoms with Gasteiger partial charge >= 0.3 is 6.36 Å². The quantitative estimate of drug-likeness (QED) is 0.837. The minimum Gasteiger partial charge on any atom is -0.406 e. The van der Waals surface area contributed by atoms with E-state index < -0.39 is 12.5 Å². The van der Waals surface area contributed by atoms with Crippen LogP contribution < -0.4 is 15.8 Å². The summed E-state index contributed by atoms with van der Waals surface area (Å²) >= 11 is 1.05. The van der Waals surface area contributed by atoms with Crippen LogP contribution in [0.25, 0.3) is 10.2 Å². The molecule has 0 saturated carbocycles. The monoisotopic (exact) mass is 349 g/mol. The van der Waals surface area contributed by atoms with Crippen molar-refractivity contribution in [2.45, 2.75) is 18.9 Å². The number of aromatic nitrogens is 1. The lowest BCUT2D eigenvalue weighted by molar-refractivity contribution is -0.274. The fourth-order valence-electron chi connectivity index (χ4n) is 1.80. The Morgan fingerprint density at radius 1 is 1.48 bits per heavy atom. The van der Waals surface area contributed by atoms with Crippen LogP contribution in [-0.4, -0.2) is 37.0 Å². The number of alkyl halides is 3. The van der Waals surface area contributed by atoms with E-state index in [0.29, 0.717) is 10.2 Å². The molecule has 0 aliphatic heterocycles. The molecule has 0 aliphatic rings. The Bertz CT molecular complexity index is 686. The zero-order chi connectivity index (χ0) is 17.0. The summed E-state index contributed by atoms with van der Waals surface area (Å²) < 4.78 is 45.9. The van der Waals surface area contributed by atoms with Crippen molar-refractivity contribution in [1.82, 2.24) is 4.98 Å². The maximum absolute atomic E-state index is 12.2. The number of fused-ring (bicyclic) bond motifs is 1. The lowest BCUT2D eigenvalue weighted by Gasteiger charge is -2.11. The van der Waals surface area contributed by atoms with Gasteiger partial charge in [0, 0.05) is 19.7 Å². The molecule has 0 radical (unpaired) electrons. The van der Waals surface area contributed by atoms with E-state index in [-0.39, 0.29) is 29.8 Å². The molecule has 2 aromatic rings. The molecular formula is C13H14F3N3O3S. The number of carbonyl (C=O) groups excluding carboxylic acids is 1. The van der Waals surface area contributed by atoms with Crippen molar-refractivity contribution in [2.75, 3.05) is 19.0 Å². The molecule has 2 rings (SSSR count). The average Bonchev–Trinajstić information content (AvgIpc) is 2.84. The topological polar surface area (TPSA) is 86.5 Å². The number of hydrogen-bond donors (Lipinski definition) is 2. The lowest BCUT2D eigenvalue weighted by Crippen LogP contribution is -2.28. The predicted octanol–water partition coefficient (Wildman–Crippen LogP) is 2.50. The lowest BCUT2D eigenvalue weighted by atomic mass is 10.2. The van der Waals surface area contributed by atoms with Gasteiger partial charge in [0.1, 0.15) is 5.75 Å². The minimum atomic E-state index is -4.76. The maximum Gasteiger partial charge on any atom is 0.573 e. The predicted molar refractivity (Wildman–Crippen MR) is 79.4 cm³/mol. The van der Waals surface area contributed by atoms with E-state index in [4.69, 9.17) is 10.5 Å². The number of rotatable bonds is 6. The largest absolute Gasteiger partial charge is 0.573 e. The zero-order valence-corrected chi connectivity index (χ0v) is 12.8. The Morgan fingerprint density at radius 3 is 2.83 bits per heavy atom. The van der Waals surface area contributed by atoms with Gasteiger partial charge < -0.3 is 20.5 Å². The smallest absolute Gasteiger partial charge is 0.406 e. The van der Waals surface area contributed by atoms with E-state index in [2.05, 4.69) is 15.0 Å². The van der Waals surface area contributed by atoms with Crippen molar-refractivity contribution in [2.24, 2.45) is 5.73 Å². The van der Waals surface area contributed by atoms with Crippen LogP contribution in [0.1, 0.15) is 6.42 Å². The number of nitrogens with two attached hydrogens (primary N) is 1. The van der Waals surface area contributed by atoms with Crippen molar-refractivity contribution in [3.8, 4) is 5.75 Å². The number of amides is 1. The third-order valence-electron chi connectivity index (χ3n) is 2.85. The van der Waals surface area contributed by atoms with Gasteiger partial charge in [-0.15, -0.1) is 13.2 Å². The van der Waals surface area contributed by atoms with Crippen molar-refractivity contribution < 1.29 is 27.4 Å². The maximum atomic E-state index is 12.2. The molecule has 1 atom stereocenters. The normalized spacial score (nSPS) is 13.1. The number of ether oxygens (including phenoxy) is 2. The van der Waals surface area contributed by atoms with Crippen molar-refractivity contribution in [3.63, 3.8) is 0 Å². The summed E-state index contributed by atoms with van der Waals surface area (Å²) in [6.07, 6.45) is -5.10. The van der Waals surface area contributed by atoms with Crippen molar-refractivity contribution in [3.05, 3.63) is 18.2 Å². The Morgan fingerprint density at radius 2 is 2.22 bits per heavy atom. The summed E-state index contributed by atoms with van der Waals surface area (Å²) in [4.78, 5) is 15.9. The highest BCUT2D eigenvalue weighted by Gasteiger charge is 2.31. The van der Waals surface area contributed by atoms with E-state index in [1.54, 1.807) is 0 Å². The summed E-state index contributed by atoms with van der Waals surface area (Å²) in [6, 6.07) is 3.77. The molecule has 0 bridgehead atoms. The number of benzene rings is 1. The van der Waals surface area contributed by atoms with E-state index in [1.165, 1.54) is 19.2 Å². The molecule has 0 spiro atoms. The average molecular weight is 349 g/mol. The van der Waals surface area contributed by atoms with Gasteiger partial charge in [0.2, 0.25) is 5.91 Å². The Balaban J connectivity index is 2.09. The number of hydrogen-bond acceptors (Lipinski definition) is 6. The molecule has 1 aromatic heterocycles. The van der Waals surface area contributed by atoms with Gasteiger partial charge in [0.05, 0.1) is 22.7 Å². The summed E-state index contributed by atoms with van der Waals surface area (Å²) in [6.45, 7) is 0.196.